The molecule has 0 amide bonds. The normalized spacial score (nSPS) is 11.5. The molecule has 76 valence electrons. The molecule has 0 aromatic carbocycles. The summed E-state index contributed by atoms with van der Waals surface area (Å²) in [4.78, 5) is 13.8. The number of carbonyl (C=O) groups excluding carboxylic acids is 1. The summed E-state index contributed by atoms with van der Waals surface area (Å²) >= 11 is 6.71. The number of rotatable bonds is 1. The zero-order chi connectivity index (χ0) is 10.9. The number of aromatic nitrogens is 1. The quantitative estimate of drug-likeness (QED) is 0.583. The summed E-state index contributed by atoms with van der Waals surface area (Å²) in [5.41, 5.74) is -1.07. The molecule has 0 atom stereocenters. The summed E-state index contributed by atoms with van der Waals surface area (Å²) in [6.45, 7) is 0. The number of carbonyl (C=O) groups is 1. The average Bonchev–Trinajstić information content (AvgIpc) is 2.01. The van der Waals surface area contributed by atoms with Gasteiger partial charge < -0.3 is 0 Å². The highest BCUT2D eigenvalue weighted by Crippen LogP contribution is 2.29. The fourth-order valence-electron chi connectivity index (χ4n) is 0.730. The van der Waals surface area contributed by atoms with Gasteiger partial charge in [-0.3, -0.25) is 9.78 Å². The van der Waals surface area contributed by atoms with Gasteiger partial charge >= 0.3 is 6.18 Å². The van der Waals surface area contributed by atoms with Crippen LogP contribution in [-0.4, -0.2) is 10.2 Å². The first-order valence-electron chi connectivity index (χ1n) is 3.25. The summed E-state index contributed by atoms with van der Waals surface area (Å²) in [5, 5.41) is -0.823. The summed E-state index contributed by atoms with van der Waals surface area (Å²) in [7, 11) is 0. The molecule has 0 aliphatic heterocycles. The summed E-state index contributed by atoms with van der Waals surface area (Å²) in [5.74, 6) is 0. The Labute approximate surface area is 95.6 Å². The molecular formula is C7H2ClF3INO. The van der Waals surface area contributed by atoms with Gasteiger partial charge in [0.05, 0.1) is 5.56 Å². The van der Waals surface area contributed by atoms with Crippen LogP contribution in [0.25, 0.3) is 0 Å². The molecule has 0 fully saturated rings. The zero-order valence-electron chi connectivity index (χ0n) is 6.40. The minimum Gasteiger partial charge on any atom is -0.276 e. The predicted octanol–water partition coefficient (Wildman–Crippen LogP) is 3.08. The van der Waals surface area contributed by atoms with Gasteiger partial charge in [0.15, 0.2) is 0 Å². The standard InChI is InChI=1S/C7H2ClF3INO/c8-6(14)3-2-13-5(1-4(3)12)7(9,10)11/h1-2H. The smallest absolute Gasteiger partial charge is 0.276 e. The van der Waals surface area contributed by atoms with Crippen LogP contribution in [0.15, 0.2) is 12.3 Å². The third kappa shape index (κ3) is 2.57. The maximum atomic E-state index is 12.1. The Morgan fingerprint density at radius 3 is 2.43 bits per heavy atom. The van der Waals surface area contributed by atoms with Crippen molar-refractivity contribution in [2.75, 3.05) is 0 Å². The average molecular weight is 335 g/mol. The Hall–Kier alpha value is -0.370. The molecule has 0 unspecified atom stereocenters. The molecular weight excluding hydrogens is 333 g/mol. The van der Waals surface area contributed by atoms with E-state index in [1.807, 2.05) is 0 Å². The van der Waals surface area contributed by atoms with E-state index in [0.717, 1.165) is 12.3 Å². The molecule has 14 heavy (non-hydrogen) atoms. The van der Waals surface area contributed by atoms with E-state index < -0.39 is 17.1 Å². The van der Waals surface area contributed by atoms with Gasteiger partial charge in [-0.15, -0.1) is 0 Å². The van der Waals surface area contributed by atoms with Gasteiger partial charge in [-0.2, -0.15) is 13.2 Å². The lowest BCUT2D eigenvalue weighted by molar-refractivity contribution is -0.141. The van der Waals surface area contributed by atoms with Crippen LogP contribution in [0.4, 0.5) is 13.2 Å². The van der Waals surface area contributed by atoms with Gasteiger partial charge in [0, 0.05) is 9.77 Å². The van der Waals surface area contributed by atoms with E-state index in [1.165, 1.54) is 0 Å². The van der Waals surface area contributed by atoms with Crippen molar-refractivity contribution in [3.05, 3.63) is 27.1 Å². The van der Waals surface area contributed by atoms with Crippen molar-refractivity contribution in [2.45, 2.75) is 6.18 Å². The molecule has 0 spiro atoms. The Balaban J connectivity index is 3.20. The first-order valence-corrected chi connectivity index (χ1v) is 4.70. The number of alkyl halides is 3. The number of hydrogen-bond donors (Lipinski definition) is 0. The van der Waals surface area contributed by atoms with E-state index in [0.29, 0.717) is 0 Å². The Kier molecular flexibility index (Phi) is 3.36. The van der Waals surface area contributed by atoms with E-state index >= 15 is 0 Å². The lowest BCUT2D eigenvalue weighted by Gasteiger charge is -2.06. The molecule has 0 saturated carbocycles. The Morgan fingerprint density at radius 1 is 1.50 bits per heavy atom. The highest BCUT2D eigenvalue weighted by Gasteiger charge is 2.33. The maximum Gasteiger partial charge on any atom is 0.433 e. The first-order chi connectivity index (χ1) is 6.32. The predicted molar refractivity (Wildman–Crippen MR) is 52.1 cm³/mol. The third-order valence-corrected chi connectivity index (χ3v) is 2.45. The molecule has 0 N–H and O–H groups in total. The molecule has 0 saturated heterocycles. The van der Waals surface area contributed by atoms with E-state index in [-0.39, 0.29) is 9.13 Å². The van der Waals surface area contributed by atoms with Crippen molar-refractivity contribution in [3.8, 4) is 0 Å². The van der Waals surface area contributed by atoms with Crippen molar-refractivity contribution >= 4 is 39.4 Å². The van der Waals surface area contributed by atoms with Crippen LogP contribution in [0.2, 0.25) is 0 Å². The second-order valence-corrected chi connectivity index (χ2v) is 3.83. The fourth-order valence-corrected chi connectivity index (χ4v) is 1.72. The molecule has 0 aliphatic rings. The third-order valence-electron chi connectivity index (χ3n) is 1.36. The minimum absolute atomic E-state index is 0.0275. The number of pyridine rings is 1. The molecule has 1 aromatic heterocycles. The highest BCUT2D eigenvalue weighted by molar-refractivity contribution is 14.1. The number of halogens is 5. The fraction of sp³-hybridized carbons (Fsp3) is 0.143. The summed E-state index contributed by atoms with van der Waals surface area (Å²) in [6.07, 6.45) is -3.69. The molecule has 1 heterocycles. The molecule has 0 bridgehead atoms. The molecule has 0 radical (unpaired) electrons. The van der Waals surface area contributed by atoms with Crippen molar-refractivity contribution in [2.24, 2.45) is 0 Å². The van der Waals surface area contributed by atoms with Gasteiger partial charge in [0.2, 0.25) is 0 Å². The van der Waals surface area contributed by atoms with Gasteiger partial charge in [-0.1, -0.05) is 0 Å². The van der Waals surface area contributed by atoms with Crippen molar-refractivity contribution in [1.29, 1.82) is 0 Å². The van der Waals surface area contributed by atoms with Gasteiger partial charge in [-0.05, 0) is 40.3 Å². The van der Waals surface area contributed by atoms with Crippen LogP contribution in [0, 0.1) is 3.57 Å². The Morgan fingerprint density at radius 2 is 2.07 bits per heavy atom. The largest absolute Gasteiger partial charge is 0.433 e. The molecule has 0 aliphatic carbocycles. The van der Waals surface area contributed by atoms with Crippen molar-refractivity contribution < 1.29 is 18.0 Å². The van der Waals surface area contributed by atoms with Crippen molar-refractivity contribution in [3.63, 3.8) is 0 Å². The minimum atomic E-state index is -4.51. The lowest BCUT2D eigenvalue weighted by Crippen LogP contribution is -2.09. The molecule has 1 rings (SSSR count). The van der Waals surface area contributed by atoms with Crippen LogP contribution in [-0.2, 0) is 6.18 Å². The van der Waals surface area contributed by atoms with Gasteiger partial charge in [-0.25, -0.2) is 0 Å². The second kappa shape index (κ2) is 4.01. The lowest BCUT2D eigenvalue weighted by atomic mass is 10.2. The first kappa shape index (κ1) is 11.7. The topological polar surface area (TPSA) is 30.0 Å². The van der Waals surface area contributed by atoms with Crippen LogP contribution in [0.3, 0.4) is 0 Å². The molecule has 2 nitrogen and oxygen atoms in total. The van der Waals surface area contributed by atoms with Crippen LogP contribution < -0.4 is 0 Å². The number of hydrogen-bond acceptors (Lipinski definition) is 2. The second-order valence-electron chi connectivity index (χ2n) is 2.32. The molecule has 7 heteroatoms. The van der Waals surface area contributed by atoms with E-state index in [9.17, 15) is 18.0 Å². The molecule has 1 aromatic rings. The SMILES string of the molecule is O=C(Cl)c1cnc(C(F)(F)F)cc1I. The summed E-state index contributed by atoms with van der Waals surface area (Å²) < 4.78 is 36.5. The number of nitrogens with zero attached hydrogens (tertiary/aromatic N) is 1. The highest BCUT2D eigenvalue weighted by atomic mass is 127. The van der Waals surface area contributed by atoms with E-state index in [2.05, 4.69) is 4.98 Å². The summed E-state index contributed by atoms with van der Waals surface area (Å²) in [6, 6.07) is 0.774. The zero-order valence-corrected chi connectivity index (χ0v) is 9.31. The van der Waals surface area contributed by atoms with E-state index in [4.69, 9.17) is 11.6 Å². The Bertz CT molecular complexity index is 380. The van der Waals surface area contributed by atoms with Gasteiger partial charge in [0.25, 0.3) is 5.24 Å². The maximum absolute atomic E-state index is 12.1. The van der Waals surface area contributed by atoms with Crippen LogP contribution in [0.5, 0.6) is 0 Å². The van der Waals surface area contributed by atoms with E-state index in [1.54, 1.807) is 22.6 Å². The van der Waals surface area contributed by atoms with Crippen LogP contribution in [0.1, 0.15) is 16.1 Å². The van der Waals surface area contributed by atoms with Crippen LogP contribution >= 0.6 is 34.2 Å². The monoisotopic (exact) mass is 335 g/mol. The van der Waals surface area contributed by atoms with Crippen molar-refractivity contribution in [1.82, 2.24) is 4.98 Å². The van der Waals surface area contributed by atoms with Gasteiger partial charge in [0.1, 0.15) is 5.69 Å².